The van der Waals surface area contributed by atoms with Gasteiger partial charge in [-0.05, 0) is 31.8 Å². The van der Waals surface area contributed by atoms with Gasteiger partial charge in [0.25, 0.3) is 0 Å². The fraction of sp³-hybridized carbons (Fsp3) is 0.800. The molecule has 0 aromatic rings. The molecule has 0 fully saturated rings. The predicted molar refractivity (Wildman–Crippen MR) is 60.5 cm³/mol. The number of rotatable bonds is 8. The molecule has 82 valence electrons. The maximum absolute atomic E-state index is 11.0. The van der Waals surface area contributed by atoms with E-state index in [1.807, 2.05) is 11.8 Å². The van der Waals surface area contributed by atoms with Crippen LogP contribution >= 0.6 is 11.8 Å². The van der Waals surface area contributed by atoms with Crippen LogP contribution in [-0.2, 0) is 9.59 Å². The monoisotopic (exact) mass is 217 g/mol. The highest BCUT2D eigenvalue weighted by atomic mass is 32.2. The summed E-state index contributed by atoms with van der Waals surface area (Å²) in [6, 6.07) is 0. The van der Waals surface area contributed by atoms with Crippen LogP contribution in [0.1, 0.15) is 32.6 Å². The first-order valence-electron chi connectivity index (χ1n) is 4.92. The van der Waals surface area contributed by atoms with Gasteiger partial charge in [-0.15, -0.1) is 0 Å². The number of ketones is 1. The molecular formula is C10H19NO2S. The summed E-state index contributed by atoms with van der Waals surface area (Å²) in [4.78, 5) is 21.6. The number of Topliss-reactive ketones (excluding diaryl/α,β-unsaturated/α-hetero) is 1. The van der Waals surface area contributed by atoms with E-state index < -0.39 is 0 Å². The van der Waals surface area contributed by atoms with E-state index in [2.05, 4.69) is 11.6 Å². The second-order valence-corrected chi connectivity index (χ2v) is 4.27. The molecule has 0 saturated heterocycles. The maximum Gasteiger partial charge on any atom is 0.227 e. The van der Waals surface area contributed by atoms with Crippen LogP contribution in [0.5, 0.6) is 0 Å². The molecule has 0 aromatic heterocycles. The SMILES string of the molecule is CSCCCCCNC(=O)CC(C)=O. The van der Waals surface area contributed by atoms with Crippen molar-refractivity contribution in [1.82, 2.24) is 5.32 Å². The zero-order valence-electron chi connectivity index (χ0n) is 8.97. The van der Waals surface area contributed by atoms with Gasteiger partial charge in [0.1, 0.15) is 5.78 Å². The number of thioether (sulfide) groups is 1. The van der Waals surface area contributed by atoms with Crippen LogP contribution in [0, 0.1) is 0 Å². The van der Waals surface area contributed by atoms with Crippen molar-refractivity contribution in [3.8, 4) is 0 Å². The summed E-state index contributed by atoms with van der Waals surface area (Å²) in [5, 5.41) is 2.72. The molecule has 0 spiro atoms. The van der Waals surface area contributed by atoms with Crippen LogP contribution in [0.2, 0.25) is 0 Å². The number of hydrogen-bond acceptors (Lipinski definition) is 3. The van der Waals surface area contributed by atoms with Crippen molar-refractivity contribution in [2.24, 2.45) is 0 Å². The molecule has 0 radical (unpaired) electrons. The van der Waals surface area contributed by atoms with E-state index in [1.54, 1.807) is 0 Å². The average Bonchev–Trinajstić information content (AvgIpc) is 2.10. The van der Waals surface area contributed by atoms with Crippen LogP contribution in [0.15, 0.2) is 0 Å². The predicted octanol–water partition coefficient (Wildman–Crippen LogP) is 1.61. The summed E-state index contributed by atoms with van der Waals surface area (Å²) >= 11 is 1.84. The standard InChI is InChI=1S/C10H19NO2S/c1-9(12)8-10(13)11-6-4-3-5-7-14-2/h3-8H2,1-2H3,(H,11,13). The lowest BCUT2D eigenvalue weighted by Gasteiger charge is -2.03. The van der Waals surface area contributed by atoms with E-state index in [0.29, 0.717) is 6.54 Å². The first-order valence-corrected chi connectivity index (χ1v) is 6.31. The molecule has 1 N–H and O–H groups in total. The van der Waals surface area contributed by atoms with Crippen molar-refractivity contribution in [3.05, 3.63) is 0 Å². The maximum atomic E-state index is 11.0. The quantitative estimate of drug-likeness (QED) is 0.496. The molecule has 3 nitrogen and oxygen atoms in total. The second-order valence-electron chi connectivity index (χ2n) is 3.28. The molecule has 0 aliphatic rings. The molecule has 0 bridgehead atoms. The number of nitrogens with one attached hydrogen (secondary N) is 1. The summed E-state index contributed by atoms with van der Waals surface area (Å²) in [5.74, 6) is 0.953. The summed E-state index contributed by atoms with van der Waals surface area (Å²) in [7, 11) is 0. The van der Waals surface area contributed by atoms with Gasteiger partial charge in [0, 0.05) is 6.54 Å². The minimum Gasteiger partial charge on any atom is -0.356 e. The fourth-order valence-electron chi connectivity index (χ4n) is 1.06. The van der Waals surface area contributed by atoms with Gasteiger partial charge in [-0.3, -0.25) is 9.59 Å². The Labute approximate surface area is 90.0 Å². The Morgan fingerprint density at radius 2 is 1.93 bits per heavy atom. The molecule has 0 aromatic carbocycles. The third kappa shape index (κ3) is 9.58. The van der Waals surface area contributed by atoms with E-state index in [4.69, 9.17) is 0 Å². The summed E-state index contributed by atoms with van der Waals surface area (Å²) in [5.41, 5.74) is 0. The molecule has 0 saturated carbocycles. The molecule has 0 atom stereocenters. The number of hydrogen-bond donors (Lipinski definition) is 1. The average molecular weight is 217 g/mol. The van der Waals surface area contributed by atoms with Gasteiger partial charge >= 0.3 is 0 Å². The normalized spacial score (nSPS) is 9.86. The Morgan fingerprint density at radius 3 is 2.50 bits per heavy atom. The van der Waals surface area contributed by atoms with Crippen LogP contribution < -0.4 is 5.32 Å². The molecule has 14 heavy (non-hydrogen) atoms. The topological polar surface area (TPSA) is 46.2 Å². The molecule has 1 amide bonds. The van der Waals surface area contributed by atoms with Gasteiger partial charge in [0.2, 0.25) is 5.91 Å². The molecule has 0 rings (SSSR count). The van der Waals surface area contributed by atoms with Crippen LogP contribution in [0.4, 0.5) is 0 Å². The van der Waals surface area contributed by atoms with Crippen molar-refractivity contribution < 1.29 is 9.59 Å². The summed E-state index contributed by atoms with van der Waals surface area (Å²) in [6.45, 7) is 2.12. The van der Waals surface area contributed by atoms with Gasteiger partial charge in [-0.1, -0.05) is 6.42 Å². The van der Waals surface area contributed by atoms with Crippen molar-refractivity contribution in [2.75, 3.05) is 18.6 Å². The Kier molecular flexibility index (Phi) is 8.73. The zero-order chi connectivity index (χ0) is 10.8. The third-order valence-corrected chi connectivity index (χ3v) is 2.45. The molecule has 0 heterocycles. The van der Waals surface area contributed by atoms with Gasteiger partial charge in [0.05, 0.1) is 6.42 Å². The largest absolute Gasteiger partial charge is 0.356 e. The van der Waals surface area contributed by atoms with E-state index >= 15 is 0 Å². The number of carbonyl (C=O) groups excluding carboxylic acids is 2. The highest BCUT2D eigenvalue weighted by Crippen LogP contribution is 2.01. The highest BCUT2D eigenvalue weighted by Gasteiger charge is 2.02. The Hall–Kier alpha value is -0.510. The van der Waals surface area contributed by atoms with E-state index in [9.17, 15) is 9.59 Å². The van der Waals surface area contributed by atoms with Crippen LogP contribution in [0.3, 0.4) is 0 Å². The summed E-state index contributed by atoms with van der Waals surface area (Å²) in [6.07, 6.45) is 5.45. The fourth-order valence-corrected chi connectivity index (χ4v) is 1.56. The highest BCUT2D eigenvalue weighted by molar-refractivity contribution is 7.98. The van der Waals surface area contributed by atoms with Crippen molar-refractivity contribution in [2.45, 2.75) is 32.6 Å². The van der Waals surface area contributed by atoms with Gasteiger partial charge in [-0.2, -0.15) is 11.8 Å². The summed E-state index contributed by atoms with van der Waals surface area (Å²) < 4.78 is 0. The number of unbranched alkanes of at least 4 members (excludes halogenated alkanes) is 2. The first-order chi connectivity index (χ1) is 6.66. The van der Waals surface area contributed by atoms with E-state index in [-0.39, 0.29) is 18.1 Å². The van der Waals surface area contributed by atoms with Crippen molar-refractivity contribution >= 4 is 23.5 Å². The minimum absolute atomic E-state index is 0.0187. The Balaban J connectivity index is 3.19. The lowest BCUT2D eigenvalue weighted by Crippen LogP contribution is -2.25. The van der Waals surface area contributed by atoms with Gasteiger partial charge in [0.15, 0.2) is 0 Å². The first kappa shape index (κ1) is 13.5. The zero-order valence-corrected chi connectivity index (χ0v) is 9.78. The van der Waals surface area contributed by atoms with Crippen LogP contribution in [0.25, 0.3) is 0 Å². The van der Waals surface area contributed by atoms with Gasteiger partial charge < -0.3 is 5.32 Å². The lowest BCUT2D eigenvalue weighted by atomic mass is 10.2. The molecule has 0 unspecified atom stereocenters. The van der Waals surface area contributed by atoms with Crippen molar-refractivity contribution in [1.29, 1.82) is 0 Å². The molecule has 4 heteroatoms. The minimum atomic E-state index is -0.151. The number of amides is 1. The third-order valence-electron chi connectivity index (χ3n) is 1.76. The molecule has 0 aliphatic carbocycles. The van der Waals surface area contributed by atoms with E-state index in [0.717, 1.165) is 12.8 Å². The number of carbonyl (C=O) groups is 2. The van der Waals surface area contributed by atoms with E-state index in [1.165, 1.54) is 19.1 Å². The Bertz CT molecular complexity index is 183. The molecular weight excluding hydrogens is 198 g/mol. The smallest absolute Gasteiger partial charge is 0.227 e. The second kappa shape index (κ2) is 9.06. The van der Waals surface area contributed by atoms with Crippen molar-refractivity contribution in [3.63, 3.8) is 0 Å². The van der Waals surface area contributed by atoms with Crippen LogP contribution in [-0.4, -0.2) is 30.2 Å². The molecule has 0 aliphatic heterocycles. The van der Waals surface area contributed by atoms with Gasteiger partial charge in [-0.25, -0.2) is 0 Å². The Morgan fingerprint density at radius 1 is 1.21 bits per heavy atom. The lowest BCUT2D eigenvalue weighted by molar-refractivity contribution is -0.127.